The number of nitrogens with one attached hydrogen (secondary N) is 1. The van der Waals surface area contributed by atoms with E-state index in [0.29, 0.717) is 12.5 Å². The van der Waals surface area contributed by atoms with E-state index in [0.717, 1.165) is 32.0 Å². The maximum absolute atomic E-state index is 11.3. The Balaban J connectivity index is 1.98. The largest absolute Gasteiger partial charge is 0.379 e. The van der Waals surface area contributed by atoms with Crippen LogP contribution in [0.25, 0.3) is 0 Å². The number of morpholine rings is 1. The summed E-state index contributed by atoms with van der Waals surface area (Å²) in [6, 6.07) is 8.51. The first-order valence-electron chi connectivity index (χ1n) is 6.92. The van der Waals surface area contributed by atoms with Crippen LogP contribution in [0, 0.1) is 0 Å². The minimum atomic E-state index is 0.0500. The van der Waals surface area contributed by atoms with E-state index in [9.17, 15) is 4.79 Å². The van der Waals surface area contributed by atoms with E-state index in [2.05, 4.69) is 29.3 Å². The van der Waals surface area contributed by atoms with Crippen molar-refractivity contribution < 1.29 is 9.53 Å². The zero-order chi connectivity index (χ0) is 13.7. The molecule has 0 saturated carbocycles. The number of carbonyl (C=O) groups is 1. The highest BCUT2D eigenvalue weighted by atomic mass is 16.5. The van der Waals surface area contributed by atoms with Gasteiger partial charge in [0.1, 0.15) is 0 Å². The van der Waals surface area contributed by atoms with Gasteiger partial charge in [-0.3, -0.25) is 9.69 Å². The molecule has 0 radical (unpaired) electrons. The topological polar surface area (TPSA) is 41.6 Å². The normalized spacial score (nSPS) is 18.0. The molecule has 1 heterocycles. The highest BCUT2D eigenvalue weighted by molar-refractivity contribution is 5.90. The summed E-state index contributed by atoms with van der Waals surface area (Å²) in [5, 5.41) is 2.86. The number of nitrogens with zero attached hydrogens (tertiary/aromatic N) is 1. The summed E-state index contributed by atoms with van der Waals surface area (Å²) in [5.41, 5.74) is 2.14. The van der Waals surface area contributed by atoms with Crippen LogP contribution in [0.2, 0.25) is 0 Å². The minimum Gasteiger partial charge on any atom is -0.379 e. The number of benzene rings is 1. The number of ether oxygens (including phenoxy) is 1. The second kappa shape index (κ2) is 6.68. The molecule has 1 saturated heterocycles. The van der Waals surface area contributed by atoms with Gasteiger partial charge in [-0.05, 0) is 24.6 Å². The Kier molecular flexibility index (Phi) is 4.93. The Morgan fingerprint density at radius 2 is 1.95 bits per heavy atom. The lowest BCUT2D eigenvalue weighted by Gasteiger charge is -2.32. The number of carbonyl (C=O) groups excluding carboxylic acids is 1. The minimum absolute atomic E-state index is 0.0500. The first-order valence-corrected chi connectivity index (χ1v) is 6.92. The van der Waals surface area contributed by atoms with Crippen LogP contribution in [0.15, 0.2) is 24.3 Å². The zero-order valence-corrected chi connectivity index (χ0v) is 11.7. The van der Waals surface area contributed by atoms with E-state index in [4.69, 9.17) is 4.74 Å². The molecule has 1 fully saturated rings. The van der Waals surface area contributed by atoms with Crippen molar-refractivity contribution in [3.63, 3.8) is 0 Å². The van der Waals surface area contributed by atoms with Crippen molar-refractivity contribution in [2.24, 2.45) is 0 Å². The molecule has 0 bridgehead atoms. The monoisotopic (exact) mass is 262 g/mol. The van der Waals surface area contributed by atoms with Crippen molar-refractivity contribution in [1.82, 2.24) is 4.90 Å². The van der Waals surface area contributed by atoms with Crippen molar-refractivity contribution >= 4 is 11.6 Å². The van der Waals surface area contributed by atoms with Crippen LogP contribution < -0.4 is 5.32 Å². The predicted octanol–water partition coefficient (Wildman–Crippen LogP) is 2.43. The van der Waals surface area contributed by atoms with E-state index in [1.165, 1.54) is 5.56 Å². The number of hydrogen-bond donors (Lipinski definition) is 1. The third kappa shape index (κ3) is 3.78. The Hall–Kier alpha value is -1.39. The third-order valence-electron chi connectivity index (χ3n) is 3.59. The van der Waals surface area contributed by atoms with Crippen LogP contribution in [0.4, 0.5) is 5.69 Å². The van der Waals surface area contributed by atoms with Gasteiger partial charge in [-0.2, -0.15) is 0 Å². The molecule has 1 aromatic rings. The number of rotatable bonds is 4. The molecule has 104 valence electrons. The van der Waals surface area contributed by atoms with Crippen molar-refractivity contribution in [2.45, 2.75) is 26.3 Å². The first-order chi connectivity index (χ1) is 9.20. The third-order valence-corrected chi connectivity index (χ3v) is 3.59. The molecular formula is C15H22N2O2. The van der Waals surface area contributed by atoms with Gasteiger partial charge >= 0.3 is 0 Å². The first kappa shape index (κ1) is 14.0. The highest BCUT2D eigenvalue weighted by Gasteiger charge is 2.18. The summed E-state index contributed by atoms with van der Waals surface area (Å²) in [4.78, 5) is 13.7. The maximum atomic E-state index is 11.3. The summed E-state index contributed by atoms with van der Waals surface area (Å²) in [7, 11) is 0. The lowest BCUT2D eigenvalue weighted by molar-refractivity contribution is -0.115. The molecule has 0 unspecified atom stereocenters. The van der Waals surface area contributed by atoms with Crippen LogP contribution in [0.3, 0.4) is 0 Å². The van der Waals surface area contributed by atoms with E-state index < -0.39 is 0 Å². The van der Waals surface area contributed by atoms with Crippen LogP contribution >= 0.6 is 0 Å². The Morgan fingerprint density at radius 1 is 1.32 bits per heavy atom. The second-order valence-electron chi connectivity index (χ2n) is 4.85. The lowest BCUT2D eigenvalue weighted by Crippen LogP contribution is -2.37. The van der Waals surface area contributed by atoms with Crippen LogP contribution in [-0.2, 0) is 9.53 Å². The highest BCUT2D eigenvalue weighted by Crippen LogP contribution is 2.22. The van der Waals surface area contributed by atoms with E-state index in [1.807, 2.05) is 19.1 Å². The average Bonchev–Trinajstić information content (AvgIpc) is 2.48. The number of amides is 1. The summed E-state index contributed by atoms with van der Waals surface area (Å²) >= 11 is 0. The standard InChI is InChI=1S/C15H22N2O2/c1-3-15(18)16-14-6-4-13(5-7-14)12(2)17-8-10-19-11-9-17/h4-7,12H,3,8-11H2,1-2H3,(H,16,18)/t12-/m1/s1. The summed E-state index contributed by atoms with van der Waals surface area (Å²) in [5.74, 6) is 0.0500. The van der Waals surface area contributed by atoms with Gasteiger partial charge in [0, 0.05) is 31.2 Å². The molecule has 1 amide bonds. The van der Waals surface area contributed by atoms with Crippen molar-refractivity contribution in [1.29, 1.82) is 0 Å². The van der Waals surface area contributed by atoms with Gasteiger partial charge in [0.05, 0.1) is 13.2 Å². The van der Waals surface area contributed by atoms with Crippen molar-refractivity contribution in [3.05, 3.63) is 29.8 Å². The number of hydrogen-bond acceptors (Lipinski definition) is 3. The van der Waals surface area contributed by atoms with Crippen molar-refractivity contribution in [3.8, 4) is 0 Å². The molecule has 1 N–H and O–H groups in total. The molecule has 0 spiro atoms. The second-order valence-corrected chi connectivity index (χ2v) is 4.85. The fraction of sp³-hybridized carbons (Fsp3) is 0.533. The van der Waals surface area contributed by atoms with Gasteiger partial charge in [-0.25, -0.2) is 0 Å². The zero-order valence-electron chi connectivity index (χ0n) is 11.7. The molecule has 1 aliphatic heterocycles. The van der Waals surface area contributed by atoms with Gasteiger partial charge in [-0.1, -0.05) is 19.1 Å². The fourth-order valence-electron chi connectivity index (χ4n) is 2.27. The summed E-state index contributed by atoms with van der Waals surface area (Å²) in [6.07, 6.45) is 0.506. The van der Waals surface area contributed by atoms with E-state index in [-0.39, 0.29) is 5.91 Å². The molecule has 0 aliphatic carbocycles. The maximum Gasteiger partial charge on any atom is 0.224 e. The van der Waals surface area contributed by atoms with Gasteiger partial charge in [0.15, 0.2) is 0 Å². The quantitative estimate of drug-likeness (QED) is 0.906. The van der Waals surface area contributed by atoms with Gasteiger partial charge in [-0.15, -0.1) is 0 Å². The van der Waals surface area contributed by atoms with Gasteiger partial charge < -0.3 is 10.1 Å². The molecule has 1 aromatic carbocycles. The SMILES string of the molecule is CCC(=O)Nc1ccc([C@@H](C)N2CCOCC2)cc1. The smallest absolute Gasteiger partial charge is 0.224 e. The van der Waals surface area contributed by atoms with Crippen LogP contribution in [0.5, 0.6) is 0 Å². The Bertz CT molecular complexity index is 411. The van der Waals surface area contributed by atoms with Crippen LogP contribution in [-0.4, -0.2) is 37.1 Å². The van der Waals surface area contributed by atoms with Crippen LogP contribution in [0.1, 0.15) is 31.9 Å². The molecular weight excluding hydrogens is 240 g/mol. The summed E-state index contributed by atoms with van der Waals surface area (Å²) < 4.78 is 5.37. The van der Waals surface area contributed by atoms with E-state index in [1.54, 1.807) is 0 Å². The molecule has 1 aliphatic rings. The molecule has 4 nitrogen and oxygen atoms in total. The fourth-order valence-corrected chi connectivity index (χ4v) is 2.27. The summed E-state index contributed by atoms with van der Waals surface area (Å²) in [6.45, 7) is 7.66. The molecule has 2 rings (SSSR count). The van der Waals surface area contributed by atoms with E-state index >= 15 is 0 Å². The Morgan fingerprint density at radius 3 is 2.53 bits per heavy atom. The Labute approximate surface area is 114 Å². The van der Waals surface area contributed by atoms with Gasteiger partial charge in [0.2, 0.25) is 5.91 Å². The molecule has 4 heteroatoms. The van der Waals surface area contributed by atoms with Crippen molar-refractivity contribution in [2.75, 3.05) is 31.6 Å². The molecule has 19 heavy (non-hydrogen) atoms. The lowest BCUT2D eigenvalue weighted by atomic mass is 10.1. The predicted molar refractivity (Wildman–Crippen MR) is 76.2 cm³/mol. The van der Waals surface area contributed by atoms with Gasteiger partial charge in [0.25, 0.3) is 0 Å². The number of anilines is 1. The molecule has 1 atom stereocenters. The molecule has 0 aromatic heterocycles. The average molecular weight is 262 g/mol.